The summed E-state index contributed by atoms with van der Waals surface area (Å²) in [6, 6.07) is 2.37. The number of nitrogens with two attached hydrogens (primary N) is 1. The van der Waals surface area contributed by atoms with E-state index in [4.69, 9.17) is 5.84 Å². The number of hydrogen-bond donors (Lipinski definition) is 2. The molecule has 0 fully saturated rings. The van der Waals surface area contributed by atoms with Crippen molar-refractivity contribution in [1.29, 1.82) is 0 Å². The Labute approximate surface area is 103 Å². The minimum Gasteiger partial charge on any atom is -0.308 e. The second-order valence-electron chi connectivity index (χ2n) is 4.51. The predicted octanol–water partition coefficient (Wildman–Crippen LogP) is 1.69. The third-order valence-electron chi connectivity index (χ3n) is 2.90. The Morgan fingerprint density at radius 2 is 2.18 bits per heavy atom. The highest BCUT2D eigenvalue weighted by Gasteiger charge is 2.11. The number of aromatic nitrogens is 2. The van der Waals surface area contributed by atoms with Crippen LogP contribution in [0.15, 0.2) is 6.07 Å². The second-order valence-corrected chi connectivity index (χ2v) is 4.51. The molecule has 0 saturated carbocycles. The molecule has 5 heteroatoms. The van der Waals surface area contributed by atoms with Crippen molar-refractivity contribution < 1.29 is 0 Å². The van der Waals surface area contributed by atoms with Crippen LogP contribution in [0, 0.1) is 6.92 Å². The zero-order chi connectivity index (χ0) is 12.8. The summed E-state index contributed by atoms with van der Waals surface area (Å²) < 4.78 is 0. The van der Waals surface area contributed by atoms with Gasteiger partial charge in [-0.3, -0.25) is 4.90 Å². The first-order chi connectivity index (χ1) is 8.06. The molecule has 0 aliphatic rings. The van der Waals surface area contributed by atoms with Crippen molar-refractivity contribution in [3.05, 3.63) is 17.6 Å². The van der Waals surface area contributed by atoms with Crippen LogP contribution in [0.5, 0.6) is 0 Å². The first-order valence-electron chi connectivity index (χ1n) is 6.08. The molecule has 0 aliphatic carbocycles. The van der Waals surface area contributed by atoms with Gasteiger partial charge in [-0.2, -0.15) is 0 Å². The lowest BCUT2D eigenvalue weighted by Crippen LogP contribution is -2.29. The largest absolute Gasteiger partial charge is 0.308 e. The van der Waals surface area contributed by atoms with E-state index in [2.05, 4.69) is 41.2 Å². The number of nitrogen functional groups attached to an aromatic ring is 1. The molecule has 1 rings (SSSR count). The summed E-state index contributed by atoms with van der Waals surface area (Å²) in [4.78, 5) is 11.0. The predicted molar refractivity (Wildman–Crippen MR) is 70.4 cm³/mol. The molecule has 5 nitrogen and oxygen atoms in total. The fraction of sp³-hybridized carbons (Fsp3) is 0.667. The molecule has 0 aromatic carbocycles. The van der Waals surface area contributed by atoms with Crippen LogP contribution in [-0.2, 0) is 6.54 Å². The second kappa shape index (κ2) is 6.51. The van der Waals surface area contributed by atoms with Crippen molar-refractivity contribution in [3.63, 3.8) is 0 Å². The van der Waals surface area contributed by atoms with Crippen LogP contribution >= 0.6 is 0 Å². The maximum atomic E-state index is 5.37. The standard InChI is InChI=1S/C12H23N5/c1-5-6-10(3)17(4)8-12-14-9(2)7-11(15-12)16-13/h7,10H,5-6,8,13H2,1-4H3,(H,14,15,16). The van der Waals surface area contributed by atoms with Crippen molar-refractivity contribution in [1.82, 2.24) is 14.9 Å². The molecule has 17 heavy (non-hydrogen) atoms. The maximum absolute atomic E-state index is 5.37. The number of hydrazine groups is 1. The summed E-state index contributed by atoms with van der Waals surface area (Å²) in [5.74, 6) is 6.85. The molecule has 0 aliphatic heterocycles. The molecule has 0 bridgehead atoms. The van der Waals surface area contributed by atoms with Gasteiger partial charge in [-0.1, -0.05) is 13.3 Å². The Kier molecular flexibility index (Phi) is 5.31. The molecule has 1 atom stereocenters. The van der Waals surface area contributed by atoms with Gasteiger partial charge in [0.2, 0.25) is 0 Å². The monoisotopic (exact) mass is 237 g/mol. The zero-order valence-corrected chi connectivity index (χ0v) is 11.2. The molecule has 1 aromatic heterocycles. The minimum atomic E-state index is 0.540. The highest BCUT2D eigenvalue weighted by molar-refractivity contribution is 5.33. The van der Waals surface area contributed by atoms with E-state index in [1.54, 1.807) is 0 Å². The van der Waals surface area contributed by atoms with Gasteiger partial charge in [0, 0.05) is 17.8 Å². The van der Waals surface area contributed by atoms with Gasteiger partial charge in [0.1, 0.15) is 11.6 Å². The van der Waals surface area contributed by atoms with Gasteiger partial charge < -0.3 is 5.43 Å². The van der Waals surface area contributed by atoms with E-state index in [0.29, 0.717) is 11.9 Å². The third-order valence-corrected chi connectivity index (χ3v) is 2.90. The topological polar surface area (TPSA) is 67.1 Å². The maximum Gasteiger partial charge on any atom is 0.145 e. The van der Waals surface area contributed by atoms with Crippen LogP contribution < -0.4 is 11.3 Å². The van der Waals surface area contributed by atoms with Crippen LogP contribution in [0.3, 0.4) is 0 Å². The van der Waals surface area contributed by atoms with E-state index in [9.17, 15) is 0 Å². The molecule has 0 spiro atoms. The van der Waals surface area contributed by atoms with Gasteiger partial charge in [0.25, 0.3) is 0 Å². The minimum absolute atomic E-state index is 0.540. The molecule has 96 valence electrons. The molecule has 1 aromatic rings. The Bertz CT molecular complexity index is 353. The molecular weight excluding hydrogens is 214 g/mol. The number of rotatable bonds is 6. The van der Waals surface area contributed by atoms with Gasteiger partial charge in [0.05, 0.1) is 6.54 Å². The molecule has 0 radical (unpaired) electrons. The van der Waals surface area contributed by atoms with Crippen LogP contribution in [0.1, 0.15) is 38.2 Å². The number of nitrogens with zero attached hydrogens (tertiary/aromatic N) is 3. The number of aryl methyl sites for hydroxylation is 1. The van der Waals surface area contributed by atoms with Gasteiger partial charge in [0.15, 0.2) is 0 Å². The molecule has 0 saturated heterocycles. The normalized spacial score (nSPS) is 12.8. The van der Waals surface area contributed by atoms with E-state index in [1.165, 1.54) is 12.8 Å². The van der Waals surface area contributed by atoms with Crippen molar-refractivity contribution in [2.75, 3.05) is 12.5 Å². The Balaban J connectivity index is 2.70. The lowest BCUT2D eigenvalue weighted by atomic mass is 10.2. The summed E-state index contributed by atoms with van der Waals surface area (Å²) in [5.41, 5.74) is 3.50. The van der Waals surface area contributed by atoms with Crippen LogP contribution in [-0.4, -0.2) is 28.0 Å². The summed E-state index contributed by atoms with van der Waals surface area (Å²) in [6.45, 7) is 7.12. The molecule has 3 N–H and O–H groups in total. The van der Waals surface area contributed by atoms with Gasteiger partial charge in [-0.25, -0.2) is 15.8 Å². The lowest BCUT2D eigenvalue weighted by molar-refractivity contribution is 0.231. The van der Waals surface area contributed by atoms with Gasteiger partial charge in [-0.05, 0) is 27.3 Å². The summed E-state index contributed by atoms with van der Waals surface area (Å²) in [5, 5.41) is 0. The fourth-order valence-electron chi connectivity index (χ4n) is 1.79. The summed E-state index contributed by atoms with van der Waals surface area (Å²) in [6.07, 6.45) is 2.38. The number of nitrogens with one attached hydrogen (secondary N) is 1. The van der Waals surface area contributed by atoms with Crippen molar-refractivity contribution in [3.8, 4) is 0 Å². The first kappa shape index (κ1) is 13.9. The van der Waals surface area contributed by atoms with E-state index < -0.39 is 0 Å². The van der Waals surface area contributed by atoms with Crippen LogP contribution in [0.4, 0.5) is 5.82 Å². The smallest absolute Gasteiger partial charge is 0.145 e. The summed E-state index contributed by atoms with van der Waals surface area (Å²) in [7, 11) is 2.10. The fourth-order valence-corrected chi connectivity index (χ4v) is 1.79. The molecular formula is C12H23N5. The van der Waals surface area contributed by atoms with E-state index >= 15 is 0 Å². The van der Waals surface area contributed by atoms with Gasteiger partial charge in [-0.15, -0.1) is 0 Å². The Hall–Kier alpha value is -1.20. The highest BCUT2D eigenvalue weighted by Crippen LogP contribution is 2.10. The average Bonchev–Trinajstić information content (AvgIpc) is 2.28. The zero-order valence-electron chi connectivity index (χ0n) is 11.2. The lowest BCUT2D eigenvalue weighted by Gasteiger charge is -2.23. The highest BCUT2D eigenvalue weighted by atomic mass is 15.3. The SMILES string of the molecule is CCCC(C)N(C)Cc1nc(C)cc(NN)n1. The molecule has 1 unspecified atom stereocenters. The summed E-state index contributed by atoms with van der Waals surface area (Å²) >= 11 is 0. The van der Waals surface area contributed by atoms with Crippen molar-refractivity contribution in [2.45, 2.75) is 46.2 Å². The van der Waals surface area contributed by atoms with E-state index in [-0.39, 0.29) is 0 Å². The van der Waals surface area contributed by atoms with Crippen molar-refractivity contribution >= 4 is 5.82 Å². The quantitative estimate of drug-likeness (QED) is 0.582. The molecule has 0 amide bonds. The van der Waals surface area contributed by atoms with E-state index in [0.717, 1.165) is 18.1 Å². The molecule has 1 heterocycles. The van der Waals surface area contributed by atoms with Gasteiger partial charge >= 0.3 is 0 Å². The number of anilines is 1. The van der Waals surface area contributed by atoms with Crippen molar-refractivity contribution in [2.24, 2.45) is 5.84 Å². The average molecular weight is 237 g/mol. The Morgan fingerprint density at radius 1 is 1.47 bits per heavy atom. The van der Waals surface area contributed by atoms with Crippen LogP contribution in [0.25, 0.3) is 0 Å². The van der Waals surface area contributed by atoms with Crippen LogP contribution in [0.2, 0.25) is 0 Å². The third kappa shape index (κ3) is 4.28. The van der Waals surface area contributed by atoms with E-state index in [1.807, 2.05) is 13.0 Å². The Morgan fingerprint density at radius 3 is 2.76 bits per heavy atom. The first-order valence-corrected chi connectivity index (χ1v) is 6.08. The number of hydrogen-bond acceptors (Lipinski definition) is 5.